The molecule has 2 heteroatoms. The summed E-state index contributed by atoms with van der Waals surface area (Å²) in [5.41, 5.74) is 1.32. The third kappa shape index (κ3) is 12.4. The normalized spacial score (nSPS) is 8.08. The van der Waals surface area contributed by atoms with Crippen molar-refractivity contribution in [2.45, 2.75) is 6.92 Å². The van der Waals surface area contributed by atoms with Gasteiger partial charge < -0.3 is 4.90 Å². The highest BCUT2D eigenvalue weighted by molar-refractivity contribution is 5.75. The highest BCUT2D eigenvalue weighted by Gasteiger charge is 1.72. The second kappa shape index (κ2) is 8.81. The van der Waals surface area contributed by atoms with Crippen LogP contribution >= 0.6 is 0 Å². The van der Waals surface area contributed by atoms with Crippen molar-refractivity contribution >= 4 is 17.4 Å². The van der Waals surface area contributed by atoms with Crippen LogP contribution in [-0.2, 0) is 0 Å². The predicted octanol–water partition coefficient (Wildman–Crippen LogP) is 1.23. The monoisotopic (exact) mass is 183 g/mol. The number of benzene rings is 1. The minimum absolute atomic E-state index is 0. The van der Waals surface area contributed by atoms with Crippen LogP contribution in [0.5, 0.6) is 0 Å². The van der Waals surface area contributed by atoms with E-state index in [-0.39, 0.29) is 18.8 Å². The molecule has 0 atom stereocenters. The molecule has 1 rings (SSSR count). The molecule has 0 heterocycles. The zero-order valence-corrected chi connectivity index (χ0v) is 7.83. The molecule has 1 aromatic carbocycles. The SMILES string of the molecule is CN(C)C.Cc1ccccc1.[AlH3].[HH]. The van der Waals surface area contributed by atoms with Crippen molar-refractivity contribution in [3.05, 3.63) is 35.9 Å². The van der Waals surface area contributed by atoms with Crippen molar-refractivity contribution in [3.8, 4) is 0 Å². The predicted molar refractivity (Wildman–Crippen MR) is 62.8 cm³/mol. The molecule has 1 nitrogen and oxygen atoms in total. The van der Waals surface area contributed by atoms with Gasteiger partial charge in [-0.25, -0.2) is 0 Å². The van der Waals surface area contributed by atoms with E-state index in [1.807, 2.05) is 44.2 Å². The molecular formula is C10H22AlN. The van der Waals surface area contributed by atoms with Gasteiger partial charge in [-0.3, -0.25) is 0 Å². The van der Waals surface area contributed by atoms with Crippen LogP contribution in [-0.4, -0.2) is 43.4 Å². The molecule has 0 saturated carbocycles. The first kappa shape index (κ1) is 14.2. The average Bonchev–Trinajstić information content (AvgIpc) is 1.87. The Hall–Kier alpha value is -0.288. The molecule has 0 amide bonds. The fraction of sp³-hybridized carbons (Fsp3) is 0.400. The van der Waals surface area contributed by atoms with Crippen LogP contribution in [0.4, 0.5) is 0 Å². The van der Waals surface area contributed by atoms with Gasteiger partial charge in [-0.2, -0.15) is 0 Å². The first-order chi connectivity index (χ1) is 5.13. The first-order valence-electron chi connectivity index (χ1n) is 3.75. The molecule has 0 aliphatic rings. The smallest absolute Gasteiger partial charge is 0.187 e. The van der Waals surface area contributed by atoms with Gasteiger partial charge in [-0.05, 0) is 28.1 Å². The summed E-state index contributed by atoms with van der Waals surface area (Å²) in [5.74, 6) is 0. The highest BCUT2D eigenvalue weighted by atomic mass is 27.0. The van der Waals surface area contributed by atoms with E-state index in [2.05, 4.69) is 19.1 Å². The summed E-state index contributed by atoms with van der Waals surface area (Å²) in [4.78, 5) is 2.00. The third-order valence-corrected chi connectivity index (χ3v) is 0.940. The van der Waals surface area contributed by atoms with Crippen LogP contribution in [0.1, 0.15) is 6.99 Å². The van der Waals surface area contributed by atoms with E-state index in [4.69, 9.17) is 0 Å². The third-order valence-electron chi connectivity index (χ3n) is 0.940. The van der Waals surface area contributed by atoms with E-state index >= 15 is 0 Å². The Kier molecular flexibility index (Phi) is 10.5. The minimum atomic E-state index is 0. The van der Waals surface area contributed by atoms with E-state index in [0.29, 0.717) is 0 Å². The molecule has 1 aromatic rings. The summed E-state index contributed by atoms with van der Waals surface area (Å²) in [6, 6.07) is 10.3. The Morgan fingerprint density at radius 1 is 1.00 bits per heavy atom. The molecule has 0 radical (unpaired) electrons. The molecule has 0 aromatic heterocycles. The molecule has 0 fully saturated rings. The molecule has 0 saturated heterocycles. The summed E-state index contributed by atoms with van der Waals surface area (Å²) in [5, 5.41) is 0. The molecule has 0 aliphatic carbocycles. The number of rotatable bonds is 0. The van der Waals surface area contributed by atoms with Gasteiger partial charge in [0.05, 0.1) is 0 Å². The zero-order valence-electron chi connectivity index (χ0n) is 7.83. The van der Waals surface area contributed by atoms with Crippen molar-refractivity contribution < 1.29 is 1.43 Å². The van der Waals surface area contributed by atoms with Crippen LogP contribution in [0.15, 0.2) is 30.3 Å². The summed E-state index contributed by atoms with van der Waals surface area (Å²) in [6.07, 6.45) is 0. The lowest BCUT2D eigenvalue weighted by atomic mass is 10.2. The van der Waals surface area contributed by atoms with Crippen LogP contribution in [0, 0.1) is 6.92 Å². The first-order valence-corrected chi connectivity index (χ1v) is 3.75. The van der Waals surface area contributed by atoms with E-state index in [0.717, 1.165) is 0 Å². The van der Waals surface area contributed by atoms with E-state index in [9.17, 15) is 0 Å². The van der Waals surface area contributed by atoms with Gasteiger partial charge in [0.1, 0.15) is 0 Å². The van der Waals surface area contributed by atoms with Crippen molar-refractivity contribution in [2.75, 3.05) is 21.1 Å². The van der Waals surface area contributed by atoms with Gasteiger partial charge in [0.2, 0.25) is 0 Å². The molecular weight excluding hydrogens is 161 g/mol. The second-order valence-corrected chi connectivity index (χ2v) is 3.00. The molecule has 0 spiro atoms. The summed E-state index contributed by atoms with van der Waals surface area (Å²) < 4.78 is 0. The largest absolute Gasteiger partial charge is 0.312 e. The van der Waals surface area contributed by atoms with Crippen LogP contribution < -0.4 is 0 Å². The highest BCUT2D eigenvalue weighted by Crippen LogP contribution is 1.92. The van der Waals surface area contributed by atoms with Crippen LogP contribution in [0.3, 0.4) is 0 Å². The van der Waals surface area contributed by atoms with Crippen molar-refractivity contribution in [1.29, 1.82) is 0 Å². The maximum absolute atomic E-state index is 2.08. The topological polar surface area (TPSA) is 3.24 Å². The summed E-state index contributed by atoms with van der Waals surface area (Å²) in [6.45, 7) is 2.08. The maximum Gasteiger partial charge on any atom is 0.187 e. The van der Waals surface area contributed by atoms with Crippen LogP contribution in [0.2, 0.25) is 0 Å². The minimum Gasteiger partial charge on any atom is -0.312 e. The van der Waals surface area contributed by atoms with E-state index in [1.165, 1.54) is 5.56 Å². The number of nitrogens with zero attached hydrogens (tertiary/aromatic N) is 1. The number of hydrogen-bond acceptors (Lipinski definition) is 1. The van der Waals surface area contributed by atoms with Gasteiger partial charge in [0.15, 0.2) is 17.4 Å². The summed E-state index contributed by atoms with van der Waals surface area (Å²) >= 11 is 0. The second-order valence-electron chi connectivity index (χ2n) is 3.00. The quantitative estimate of drug-likeness (QED) is 0.547. The fourth-order valence-electron chi connectivity index (χ4n) is 0.534. The molecule has 0 N–H and O–H groups in total. The van der Waals surface area contributed by atoms with Crippen molar-refractivity contribution in [1.82, 2.24) is 4.90 Å². The van der Waals surface area contributed by atoms with Crippen LogP contribution in [0.25, 0.3) is 0 Å². The Morgan fingerprint density at radius 3 is 1.50 bits per heavy atom. The lowest BCUT2D eigenvalue weighted by Crippen LogP contribution is -1.99. The standard InChI is InChI=1S/C7H8.C3H9N.Al.H2.3H/c1-7-5-3-2-4-6-7;1-4(2)3;;;;;/h2-6H,1H3;1-3H3;;1H;;;. The van der Waals surface area contributed by atoms with E-state index < -0.39 is 0 Å². The fourth-order valence-corrected chi connectivity index (χ4v) is 0.534. The van der Waals surface area contributed by atoms with Gasteiger partial charge in [0.25, 0.3) is 0 Å². The lowest BCUT2D eigenvalue weighted by molar-refractivity contribution is 0.505. The number of hydrogen-bond donors (Lipinski definition) is 0. The van der Waals surface area contributed by atoms with Crippen molar-refractivity contribution in [2.24, 2.45) is 0 Å². The molecule has 0 bridgehead atoms. The Bertz CT molecular complexity index is 175. The zero-order chi connectivity index (χ0) is 8.69. The summed E-state index contributed by atoms with van der Waals surface area (Å²) in [7, 11) is 6.00. The van der Waals surface area contributed by atoms with Gasteiger partial charge in [-0.1, -0.05) is 35.9 Å². The Morgan fingerprint density at radius 2 is 1.33 bits per heavy atom. The maximum atomic E-state index is 2.08. The lowest BCUT2D eigenvalue weighted by Gasteiger charge is -1.90. The molecule has 12 heavy (non-hydrogen) atoms. The van der Waals surface area contributed by atoms with Gasteiger partial charge >= 0.3 is 0 Å². The molecule has 70 valence electrons. The van der Waals surface area contributed by atoms with E-state index in [1.54, 1.807) is 0 Å². The number of aryl methyl sites for hydroxylation is 1. The Balaban J connectivity index is -0.000000150. The molecule has 0 aliphatic heterocycles. The Labute approximate surface area is 88.0 Å². The average molecular weight is 183 g/mol. The van der Waals surface area contributed by atoms with Gasteiger partial charge in [-0.15, -0.1) is 0 Å². The van der Waals surface area contributed by atoms with Gasteiger partial charge in [0, 0.05) is 1.43 Å². The molecule has 0 unspecified atom stereocenters. The van der Waals surface area contributed by atoms with Crippen molar-refractivity contribution in [3.63, 3.8) is 0 Å².